The van der Waals surface area contributed by atoms with Crippen LogP contribution in [0.25, 0.3) is 28.2 Å². The van der Waals surface area contributed by atoms with Crippen molar-refractivity contribution < 1.29 is 4.79 Å². The van der Waals surface area contributed by atoms with E-state index in [1.807, 2.05) is 67.6 Å². The van der Waals surface area contributed by atoms with Crippen LogP contribution < -0.4 is 5.32 Å². The van der Waals surface area contributed by atoms with E-state index < -0.39 is 0 Å². The largest absolute Gasteiger partial charge is 0.351 e. The van der Waals surface area contributed by atoms with Gasteiger partial charge in [-0.3, -0.25) is 4.79 Å². The molecule has 2 heterocycles. The highest BCUT2D eigenvalue weighted by Gasteiger charge is 2.18. The number of amides is 1. The minimum absolute atomic E-state index is 0.186. The molecule has 0 radical (unpaired) electrons. The van der Waals surface area contributed by atoms with Crippen LogP contribution in [-0.4, -0.2) is 27.0 Å². The van der Waals surface area contributed by atoms with Crippen molar-refractivity contribution in [3.63, 3.8) is 0 Å². The number of hydrogen-bond donors (Lipinski definition) is 1. The summed E-state index contributed by atoms with van der Waals surface area (Å²) >= 11 is 5.93. The summed E-state index contributed by atoms with van der Waals surface area (Å²) in [4.78, 5) is 17.2. The number of halogens is 1. The van der Waals surface area contributed by atoms with Crippen LogP contribution in [-0.2, 0) is 5.88 Å². The van der Waals surface area contributed by atoms with Crippen molar-refractivity contribution >= 4 is 23.2 Å². The molecule has 0 atom stereocenters. The van der Waals surface area contributed by atoms with Crippen LogP contribution in [0.5, 0.6) is 0 Å². The lowest BCUT2D eigenvalue weighted by Crippen LogP contribution is -2.25. The Morgan fingerprint density at radius 1 is 1.00 bits per heavy atom. The molecule has 0 unspecified atom stereocenters. The average Bonchev–Trinajstić information content (AvgIpc) is 3.16. The van der Waals surface area contributed by atoms with Crippen LogP contribution in [0.1, 0.15) is 29.4 Å². The second-order valence-electron chi connectivity index (χ2n) is 6.75. The predicted molar refractivity (Wildman–Crippen MR) is 116 cm³/mol. The fraction of sp³-hybridized carbons (Fsp3) is 0.174. The summed E-state index contributed by atoms with van der Waals surface area (Å²) in [5.41, 5.74) is 5.72. The average molecular weight is 405 g/mol. The van der Waals surface area contributed by atoms with Crippen molar-refractivity contribution in [2.24, 2.45) is 0 Å². The Morgan fingerprint density at radius 2 is 1.76 bits per heavy atom. The molecule has 0 saturated carbocycles. The van der Waals surface area contributed by atoms with E-state index in [1.54, 1.807) is 10.6 Å². The molecule has 2 aromatic heterocycles. The third kappa shape index (κ3) is 3.87. The summed E-state index contributed by atoms with van der Waals surface area (Å²) in [5, 5.41) is 7.48. The van der Waals surface area contributed by atoms with E-state index in [1.165, 1.54) is 0 Å². The Balaban J connectivity index is 1.89. The smallest absolute Gasteiger partial charge is 0.271 e. The lowest BCUT2D eigenvalue weighted by Gasteiger charge is -2.07. The third-order valence-corrected chi connectivity index (χ3v) is 4.98. The first-order valence-electron chi connectivity index (χ1n) is 9.60. The molecule has 2 aromatic carbocycles. The Kier molecular flexibility index (Phi) is 5.58. The second-order valence-corrected chi connectivity index (χ2v) is 7.02. The van der Waals surface area contributed by atoms with Crippen molar-refractivity contribution in [2.45, 2.75) is 19.2 Å². The Hall–Kier alpha value is -3.18. The summed E-state index contributed by atoms with van der Waals surface area (Å²) in [5.74, 6) is 0.281. The van der Waals surface area contributed by atoms with Gasteiger partial charge in [-0.1, -0.05) is 61.5 Å². The normalized spacial score (nSPS) is 11.0. The van der Waals surface area contributed by atoms with E-state index in [9.17, 15) is 4.79 Å². The molecule has 146 valence electrons. The highest BCUT2D eigenvalue weighted by molar-refractivity contribution is 6.17. The first kappa shape index (κ1) is 19.2. The summed E-state index contributed by atoms with van der Waals surface area (Å²) in [6.07, 6.45) is 0.872. The van der Waals surface area contributed by atoms with Gasteiger partial charge in [0.1, 0.15) is 11.4 Å². The van der Waals surface area contributed by atoms with Gasteiger partial charge in [-0.25, -0.2) is 9.50 Å². The van der Waals surface area contributed by atoms with Gasteiger partial charge in [-0.2, -0.15) is 5.10 Å². The predicted octanol–water partition coefficient (Wildman–Crippen LogP) is 4.94. The van der Waals surface area contributed by atoms with Gasteiger partial charge in [-0.15, -0.1) is 11.6 Å². The summed E-state index contributed by atoms with van der Waals surface area (Å²) < 4.78 is 1.75. The van der Waals surface area contributed by atoms with Crippen LogP contribution in [0.15, 0.2) is 66.7 Å². The molecule has 0 aliphatic rings. The molecule has 1 amide bonds. The minimum Gasteiger partial charge on any atom is -0.351 e. The highest BCUT2D eigenvalue weighted by atomic mass is 35.5. The molecule has 0 fully saturated rings. The zero-order valence-corrected chi connectivity index (χ0v) is 16.9. The number of alkyl halides is 1. The van der Waals surface area contributed by atoms with E-state index in [-0.39, 0.29) is 5.91 Å². The summed E-state index contributed by atoms with van der Waals surface area (Å²) in [7, 11) is 0. The number of aromatic nitrogens is 3. The number of nitrogens with one attached hydrogen (secondary N) is 1. The SMILES string of the molecule is CCCNC(=O)c1ccc2nc(-c3ccc(CCl)cc3)c(-c3ccccc3)n2n1. The lowest BCUT2D eigenvalue weighted by molar-refractivity contribution is 0.0947. The fourth-order valence-electron chi connectivity index (χ4n) is 3.19. The van der Waals surface area contributed by atoms with Gasteiger partial charge in [-0.05, 0) is 24.1 Å². The molecule has 0 aliphatic carbocycles. The standard InChI is InChI=1S/C23H21ClN4O/c1-2-14-25-23(29)19-12-13-20-26-21(17-10-8-16(15-24)9-11-17)22(28(20)27-19)18-6-4-3-5-7-18/h3-13H,2,14-15H2,1H3,(H,25,29). The van der Waals surface area contributed by atoms with Gasteiger partial charge in [0, 0.05) is 23.6 Å². The Bertz CT molecular complexity index is 1140. The van der Waals surface area contributed by atoms with Crippen molar-refractivity contribution in [2.75, 3.05) is 6.54 Å². The molecule has 29 heavy (non-hydrogen) atoms. The molecular formula is C23H21ClN4O. The molecule has 6 heteroatoms. The van der Waals surface area contributed by atoms with Crippen LogP contribution in [0.4, 0.5) is 0 Å². The van der Waals surface area contributed by atoms with Gasteiger partial charge in [0.25, 0.3) is 5.91 Å². The van der Waals surface area contributed by atoms with Gasteiger partial charge < -0.3 is 5.32 Å². The van der Waals surface area contributed by atoms with Crippen LogP contribution in [0.2, 0.25) is 0 Å². The van der Waals surface area contributed by atoms with E-state index in [2.05, 4.69) is 10.4 Å². The van der Waals surface area contributed by atoms with Gasteiger partial charge in [0.15, 0.2) is 5.65 Å². The first-order valence-corrected chi connectivity index (χ1v) is 10.1. The van der Waals surface area contributed by atoms with E-state index >= 15 is 0 Å². The lowest BCUT2D eigenvalue weighted by atomic mass is 10.0. The summed E-state index contributed by atoms with van der Waals surface area (Å²) in [6.45, 7) is 2.63. The van der Waals surface area contributed by atoms with Crippen molar-refractivity contribution in [1.82, 2.24) is 19.9 Å². The zero-order valence-electron chi connectivity index (χ0n) is 16.1. The highest BCUT2D eigenvalue weighted by Crippen LogP contribution is 2.32. The quantitative estimate of drug-likeness (QED) is 0.463. The van der Waals surface area contributed by atoms with Crippen molar-refractivity contribution in [3.8, 4) is 22.5 Å². The molecule has 5 nitrogen and oxygen atoms in total. The zero-order chi connectivity index (χ0) is 20.2. The van der Waals surface area contributed by atoms with Gasteiger partial charge >= 0.3 is 0 Å². The number of rotatable bonds is 6. The molecule has 4 aromatic rings. The van der Waals surface area contributed by atoms with E-state index in [0.29, 0.717) is 23.8 Å². The van der Waals surface area contributed by atoms with E-state index in [0.717, 1.165) is 34.5 Å². The summed E-state index contributed by atoms with van der Waals surface area (Å²) in [6, 6.07) is 21.5. The van der Waals surface area contributed by atoms with Crippen LogP contribution >= 0.6 is 11.6 Å². The molecular weight excluding hydrogens is 384 g/mol. The topological polar surface area (TPSA) is 59.3 Å². The number of carbonyl (C=O) groups is 1. The van der Waals surface area contributed by atoms with Crippen molar-refractivity contribution in [3.05, 3.63) is 78.0 Å². The maximum absolute atomic E-state index is 12.4. The molecule has 1 N–H and O–H groups in total. The molecule has 0 bridgehead atoms. The number of hydrogen-bond acceptors (Lipinski definition) is 3. The van der Waals surface area contributed by atoms with Crippen LogP contribution in [0.3, 0.4) is 0 Å². The minimum atomic E-state index is -0.186. The monoisotopic (exact) mass is 404 g/mol. The number of carbonyl (C=O) groups excluding carboxylic acids is 1. The Morgan fingerprint density at radius 3 is 2.45 bits per heavy atom. The molecule has 0 spiro atoms. The van der Waals surface area contributed by atoms with E-state index in [4.69, 9.17) is 16.6 Å². The van der Waals surface area contributed by atoms with Crippen LogP contribution in [0, 0.1) is 0 Å². The maximum Gasteiger partial charge on any atom is 0.271 e. The van der Waals surface area contributed by atoms with Crippen molar-refractivity contribution in [1.29, 1.82) is 0 Å². The number of fused-ring (bicyclic) bond motifs is 1. The maximum atomic E-state index is 12.4. The first-order chi connectivity index (χ1) is 14.2. The van der Waals surface area contributed by atoms with Gasteiger partial charge in [0.05, 0.1) is 5.69 Å². The Labute approximate surface area is 174 Å². The number of imidazole rings is 1. The third-order valence-electron chi connectivity index (χ3n) is 4.67. The number of benzene rings is 2. The second kappa shape index (κ2) is 8.45. The fourth-order valence-corrected chi connectivity index (χ4v) is 3.37. The van der Waals surface area contributed by atoms with Gasteiger partial charge in [0.2, 0.25) is 0 Å². The molecule has 0 aliphatic heterocycles. The number of nitrogens with zero attached hydrogens (tertiary/aromatic N) is 3. The molecule has 4 rings (SSSR count). The molecule has 0 saturated heterocycles.